The summed E-state index contributed by atoms with van der Waals surface area (Å²) in [5.41, 5.74) is 0. The van der Waals surface area contributed by atoms with Crippen LogP contribution in [0.2, 0.25) is 0 Å². The van der Waals surface area contributed by atoms with Crippen LogP contribution in [0.25, 0.3) is 0 Å². The predicted octanol–water partition coefficient (Wildman–Crippen LogP) is 1.24. The third-order valence-electron chi connectivity index (χ3n) is 2.79. The fraction of sp³-hybridized carbons (Fsp3) is 0.800. The molecule has 1 aliphatic heterocycles. The molecule has 2 atom stereocenters. The lowest BCUT2D eigenvalue weighted by Crippen LogP contribution is -2.15. The van der Waals surface area contributed by atoms with E-state index in [4.69, 9.17) is 9.15 Å². The topological polar surface area (TPSA) is 60.2 Å². The molecular formula is C10H17N3O2. The third kappa shape index (κ3) is 2.18. The van der Waals surface area contributed by atoms with E-state index in [1.165, 1.54) is 0 Å². The summed E-state index contributed by atoms with van der Waals surface area (Å²) in [4.78, 5) is 0. The van der Waals surface area contributed by atoms with E-state index in [0.717, 1.165) is 25.3 Å². The molecule has 1 N–H and O–H groups in total. The first-order valence-electron chi connectivity index (χ1n) is 5.43. The Balaban J connectivity index is 2.08. The Kier molecular flexibility index (Phi) is 3.33. The van der Waals surface area contributed by atoms with Crippen molar-refractivity contribution in [3.8, 4) is 0 Å². The minimum absolute atomic E-state index is 0.161. The van der Waals surface area contributed by atoms with Gasteiger partial charge in [-0.2, -0.15) is 0 Å². The molecule has 1 saturated heterocycles. The van der Waals surface area contributed by atoms with Crippen LogP contribution in [0, 0.1) is 0 Å². The van der Waals surface area contributed by atoms with Gasteiger partial charge in [0.15, 0.2) is 0 Å². The zero-order valence-electron chi connectivity index (χ0n) is 9.19. The van der Waals surface area contributed by atoms with Crippen molar-refractivity contribution < 1.29 is 9.15 Å². The first-order chi connectivity index (χ1) is 7.35. The quantitative estimate of drug-likeness (QED) is 0.812. The second kappa shape index (κ2) is 4.72. The Morgan fingerprint density at radius 1 is 1.53 bits per heavy atom. The molecule has 5 heteroatoms. The molecule has 2 heterocycles. The summed E-state index contributed by atoms with van der Waals surface area (Å²) in [6, 6.07) is 0.161. The molecule has 0 spiro atoms. The van der Waals surface area contributed by atoms with Crippen molar-refractivity contribution in [1.29, 1.82) is 0 Å². The standard InChI is InChI=1S/C10H17N3O2/c1-3-8(11-2)10-13-12-9(15-10)7-4-5-14-6-7/h7-8,11H,3-6H2,1-2H3. The number of hydrogen-bond donors (Lipinski definition) is 1. The lowest BCUT2D eigenvalue weighted by molar-refractivity contribution is 0.190. The smallest absolute Gasteiger partial charge is 0.233 e. The Morgan fingerprint density at radius 3 is 3.00 bits per heavy atom. The van der Waals surface area contributed by atoms with Gasteiger partial charge in [-0.25, -0.2) is 0 Å². The monoisotopic (exact) mass is 211 g/mol. The predicted molar refractivity (Wildman–Crippen MR) is 54.6 cm³/mol. The van der Waals surface area contributed by atoms with Crippen LogP contribution in [-0.2, 0) is 4.74 Å². The molecule has 1 aromatic rings. The van der Waals surface area contributed by atoms with Crippen LogP contribution in [0.4, 0.5) is 0 Å². The van der Waals surface area contributed by atoms with Crippen LogP contribution in [0.3, 0.4) is 0 Å². The number of rotatable bonds is 4. The van der Waals surface area contributed by atoms with Crippen LogP contribution in [0.1, 0.15) is 43.5 Å². The number of aromatic nitrogens is 2. The van der Waals surface area contributed by atoms with Crippen molar-refractivity contribution >= 4 is 0 Å². The minimum Gasteiger partial charge on any atom is -0.423 e. The zero-order valence-corrected chi connectivity index (χ0v) is 9.19. The molecule has 2 rings (SSSR count). The molecule has 84 valence electrons. The molecule has 1 fully saturated rings. The first-order valence-corrected chi connectivity index (χ1v) is 5.43. The molecule has 0 aromatic carbocycles. The highest BCUT2D eigenvalue weighted by Gasteiger charge is 2.24. The van der Waals surface area contributed by atoms with Crippen LogP contribution < -0.4 is 5.32 Å². The zero-order chi connectivity index (χ0) is 10.7. The Labute approximate surface area is 89.2 Å². The summed E-state index contributed by atoms with van der Waals surface area (Å²) in [6.07, 6.45) is 1.93. The Morgan fingerprint density at radius 2 is 2.40 bits per heavy atom. The van der Waals surface area contributed by atoms with Crippen molar-refractivity contribution in [2.75, 3.05) is 20.3 Å². The van der Waals surface area contributed by atoms with Gasteiger partial charge in [0.2, 0.25) is 11.8 Å². The Bertz CT molecular complexity index is 287. The molecular weight excluding hydrogens is 194 g/mol. The SMILES string of the molecule is CCC(NC)c1nnc(C2CCOC2)o1. The van der Waals surface area contributed by atoms with E-state index >= 15 is 0 Å². The second-order valence-electron chi connectivity index (χ2n) is 3.79. The van der Waals surface area contributed by atoms with Crippen molar-refractivity contribution in [1.82, 2.24) is 15.5 Å². The molecule has 0 saturated carbocycles. The maximum absolute atomic E-state index is 5.65. The summed E-state index contributed by atoms with van der Waals surface area (Å²) in [6.45, 7) is 3.59. The number of ether oxygens (including phenoxy) is 1. The Hall–Kier alpha value is -0.940. The summed E-state index contributed by atoms with van der Waals surface area (Å²) < 4.78 is 10.9. The van der Waals surface area contributed by atoms with Crippen molar-refractivity contribution in [3.05, 3.63) is 11.8 Å². The molecule has 1 aromatic heterocycles. The van der Waals surface area contributed by atoms with Gasteiger partial charge in [-0.3, -0.25) is 0 Å². The molecule has 5 nitrogen and oxygen atoms in total. The number of nitrogens with one attached hydrogen (secondary N) is 1. The fourth-order valence-electron chi connectivity index (χ4n) is 1.78. The minimum atomic E-state index is 0.161. The fourth-order valence-corrected chi connectivity index (χ4v) is 1.78. The average molecular weight is 211 g/mol. The summed E-state index contributed by atoms with van der Waals surface area (Å²) in [5, 5.41) is 11.3. The highest BCUT2D eigenvalue weighted by molar-refractivity contribution is 4.96. The van der Waals surface area contributed by atoms with Crippen LogP contribution >= 0.6 is 0 Å². The van der Waals surface area contributed by atoms with E-state index in [1.807, 2.05) is 7.05 Å². The van der Waals surface area contributed by atoms with E-state index < -0.39 is 0 Å². The highest BCUT2D eigenvalue weighted by Crippen LogP contribution is 2.25. The van der Waals surface area contributed by atoms with E-state index in [1.54, 1.807) is 0 Å². The van der Waals surface area contributed by atoms with Gasteiger partial charge < -0.3 is 14.5 Å². The molecule has 0 amide bonds. The normalized spacial score (nSPS) is 23.2. The van der Waals surface area contributed by atoms with E-state index in [0.29, 0.717) is 18.4 Å². The van der Waals surface area contributed by atoms with Crippen molar-refractivity contribution in [3.63, 3.8) is 0 Å². The average Bonchev–Trinajstić information content (AvgIpc) is 2.89. The first kappa shape index (κ1) is 10.6. The van der Waals surface area contributed by atoms with Crippen LogP contribution in [-0.4, -0.2) is 30.5 Å². The van der Waals surface area contributed by atoms with Crippen molar-refractivity contribution in [2.24, 2.45) is 0 Å². The van der Waals surface area contributed by atoms with Gasteiger partial charge in [0.25, 0.3) is 0 Å². The van der Waals surface area contributed by atoms with Gasteiger partial charge >= 0.3 is 0 Å². The molecule has 1 aliphatic rings. The number of nitrogens with zero attached hydrogens (tertiary/aromatic N) is 2. The van der Waals surface area contributed by atoms with E-state index in [-0.39, 0.29) is 6.04 Å². The lowest BCUT2D eigenvalue weighted by atomic mass is 10.1. The van der Waals surface area contributed by atoms with Gasteiger partial charge in [0.1, 0.15) is 0 Å². The van der Waals surface area contributed by atoms with E-state index in [9.17, 15) is 0 Å². The van der Waals surface area contributed by atoms with Gasteiger partial charge in [-0.1, -0.05) is 6.92 Å². The third-order valence-corrected chi connectivity index (χ3v) is 2.79. The maximum Gasteiger partial charge on any atom is 0.233 e. The summed E-state index contributed by atoms with van der Waals surface area (Å²) in [7, 11) is 1.90. The van der Waals surface area contributed by atoms with Gasteiger partial charge in [0, 0.05) is 6.61 Å². The highest BCUT2D eigenvalue weighted by atomic mass is 16.5. The molecule has 0 aliphatic carbocycles. The lowest BCUT2D eigenvalue weighted by Gasteiger charge is -2.07. The van der Waals surface area contributed by atoms with Gasteiger partial charge in [-0.05, 0) is 19.9 Å². The van der Waals surface area contributed by atoms with Gasteiger partial charge in [0.05, 0.1) is 18.6 Å². The molecule has 15 heavy (non-hydrogen) atoms. The van der Waals surface area contributed by atoms with Crippen molar-refractivity contribution in [2.45, 2.75) is 31.7 Å². The maximum atomic E-state index is 5.65. The van der Waals surface area contributed by atoms with Crippen LogP contribution in [0.15, 0.2) is 4.42 Å². The molecule has 0 radical (unpaired) electrons. The van der Waals surface area contributed by atoms with E-state index in [2.05, 4.69) is 22.4 Å². The van der Waals surface area contributed by atoms with Gasteiger partial charge in [-0.15, -0.1) is 10.2 Å². The number of hydrogen-bond acceptors (Lipinski definition) is 5. The largest absolute Gasteiger partial charge is 0.423 e. The van der Waals surface area contributed by atoms with Crippen LogP contribution in [0.5, 0.6) is 0 Å². The second-order valence-corrected chi connectivity index (χ2v) is 3.79. The summed E-state index contributed by atoms with van der Waals surface area (Å²) >= 11 is 0. The molecule has 2 unspecified atom stereocenters. The molecule has 0 bridgehead atoms. The summed E-state index contributed by atoms with van der Waals surface area (Å²) in [5.74, 6) is 1.69.